The fourth-order valence-corrected chi connectivity index (χ4v) is 4.81. The predicted molar refractivity (Wildman–Crippen MR) is 83.8 cm³/mol. The van der Waals surface area contributed by atoms with Gasteiger partial charge < -0.3 is 5.32 Å². The second kappa shape index (κ2) is 5.18. The predicted octanol–water partition coefficient (Wildman–Crippen LogP) is 3.96. The van der Waals surface area contributed by atoms with Crippen molar-refractivity contribution in [2.45, 2.75) is 64.0 Å². The third-order valence-corrected chi connectivity index (χ3v) is 6.00. The van der Waals surface area contributed by atoms with Gasteiger partial charge in [-0.3, -0.25) is 0 Å². The first-order valence-electron chi connectivity index (χ1n) is 8.68. The van der Waals surface area contributed by atoms with Crippen molar-refractivity contribution in [1.29, 1.82) is 0 Å². The van der Waals surface area contributed by atoms with Crippen molar-refractivity contribution in [3.63, 3.8) is 0 Å². The summed E-state index contributed by atoms with van der Waals surface area (Å²) < 4.78 is 0. The number of hydrogen-bond donors (Lipinski definition) is 1. The zero-order chi connectivity index (χ0) is 13.5. The van der Waals surface area contributed by atoms with Crippen LogP contribution in [0.15, 0.2) is 24.3 Å². The van der Waals surface area contributed by atoms with E-state index in [0.29, 0.717) is 0 Å². The van der Waals surface area contributed by atoms with Gasteiger partial charge >= 0.3 is 0 Å². The van der Waals surface area contributed by atoms with Crippen LogP contribution in [0.4, 0.5) is 0 Å². The monoisotopic (exact) mass is 269 g/mol. The van der Waals surface area contributed by atoms with Gasteiger partial charge in [-0.2, -0.15) is 0 Å². The van der Waals surface area contributed by atoms with Crippen molar-refractivity contribution >= 4 is 0 Å². The Morgan fingerprint density at radius 3 is 2.30 bits per heavy atom. The van der Waals surface area contributed by atoms with Crippen LogP contribution < -0.4 is 5.32 Å². The van der Waals surface area contributed by atoms with Gasteiger partial charge in [0.15, 0.2) is 0 Å². The lowest BCUT2D eigenvalue weighted by Gasteiger charge is -2.24. The molecule has 0 heterocycles. The normalized spacial score (nSPS) is 38.4. The minimum atomic E-state index is 0.800. The molecule has 2 fully saturated rings. The molecule has 2 bridgehead atoms. The van der Waals surface area contributed by atoms with Crippen LogP contribution in [0.25, 0.3) is 0 Å². The van der Waals surface area contributed by atoms with Crippen molar-refractivity contribution in [1.82, 2.24) is 5.32 Å². The molecular weight excluding hydrogens is 242 g/mol. The van der Waals surface area contributed by atoms with Crippen LogP contribution >= 0.6 is 0 Å². The van der Waals surface area contributed by atoms with Gasteiger partial charge in [-0.1, -0.05) is 37.6 Å². The van der Waals surface area contributed by atoms with Gasteiger partial charge in [0.25, 0.3) is 0 Å². The maximum Gasteiger partial charge on any atom is 0.0133 e. The Hall–Kier alpha value is -0.820. The molecule has 1 heteroatoms. The van der Waals surface area contributed by atoms with Crippen LogP contribution in [0.3, 0.4) is 0 Å². The molecule has 1 aromatic rings. The fourth-order valence-electron chi connectivity index (χ4n) is 4.81. The van der Waals surface area contributed by atoms with E-state index >= 15 is 0 Å². The molecule has 1 nitrogen and oxygen atoms in total. The van der Waals surface area contributed by atoms with Gasteiger partial charge in [-0.25, -0.2) is 0 Å². The zero-order valence-electron chi connectivity index (χ0n) is 12.6. The Morgan fingerprint density at radius 1 is 1.05 bits per heavy atom. The number of fused-ring (bicyclic) bond motifs is 3. The second-order valence-electron chi connectivity index (χ2n) is 7.36. The summed E-state index contributed by atoms with van der Waals surface area (Å²) in [6.45, 7) is 2.32. The molecule has 0 saturated heterocycles. The molecule has 1 N–H and O–H groups in total. The van der Waals surface area contributed by atoms with E-state index < -0.39 is 0 Å². The summed E-state index contributed by atoms with van der Waals surface area (Å²) >= 11 is 0. The van der Waals surface area contributed by atoms with E-state index in [2.05, 4.69) is 36.5 Å². The Bertz CT molecular complexity index is 447. The van der Waals surface area contributed by atoms with Gasteiger partial charge in [0, 0.05) is 12.1 Å². The highest BCUT2D eigenvalue weighted by atomic mass is 15.0. The van der Waals surface area contributed by atoms with Crippen molar-refractivity contribution in [2.24, 2.45) is 17.8 Å². The van der Waals surface area contributed by atoms with Crippen molar-refractivity contribution in [3.8, 4) is 0 Å². The Morgan fingerprint density at radius 2 is 1.70 bits per heavy atom. The molecule has 0 amide bonds. The average Bonchev–Trinajstić information content (AvgIpc) is 3.09. The highest BCUT2D eigenvalue weighted by molar-refractivity contribution is 5.31. The molecule has 4 rings (SSSR count). The SMILES string of the molecule is CCCC1CC1NC1C2CCC1Cc1ccccc1C2. The van der Waals surface area contributed by atoms with Crippen molar-refractivity contribution < 1.29 is 0 Å². The van der Waals surface area contributed by atoms with Gasteiger partial charge in [-0.15, -0.1) is 0 Å². The second-order valence-corrected chi connectivity index (χ2v) is 7.36. The third-order valence-electron chi connectivity index (χ3n) is 6.00. The molecule has 0 spiro atoms. The van der Waals surface area contributed by atoms with Gasteiger partial charge in [0.2, 0.25) is 0 Å². The summed E-state index contributed by atoms with van der Waals surface area (Å²) in [5.41, 5.74) is 3.26. The number of hydrogen-bond acceptors (Lipinski definition) is 1. The number of nitrogens with one attached hydrogen (secondary N) is 1. The van der Waals surface area contributed by atoms with Crippen LogP contribution in [-0.2, 0) is 12.8 Å². The van der Waals surface area contributed by atoms with E-state index in [0.717, 1.165) is 29.8 Å². The molecule has 3 aliphatic rings. The molecular formula is C19H27N. The quantitative estimate of drug-likeness (QED) is 0.872. The van der Waals surface area contributed by atoms with Crippen LogP contribution in [0.5, 0.6) is 0 Å². The average molecular weight is 269 g/mol. The van der Waals surface area contributed by atoms with Gasteiger partial charge in [-0.05, 0) is 67.4 Å². The molecule has 0 aromatic heterocycles. The molecule has 108 valence electrons. The molecule has 4 atom stereocenters. The van der Waals surface area contributed by atoms with E-state index in [1.54, 1.807) is 11.1 Å². The molecule has 20 heavy (non-hydrogen) atoms. The Labute approximate surface area is 123 Å². The van der Waals surface area contributed by atoms with E-state index in [1.807, 2.05) is 0 Å². The van der Waals surface area contributed by atoms with Crippen LogP contribution in [0, 0.1) is 17.8 Å². The third kappa shape index (κ3) is 2.30. The molecule has 0 aliphatic heterocycles. The van der Waals surface area contributed by atoms with Crippen molar-refractivity contribution in [3.05, 3.63) is 35.4 Å². The molecule has 0 radical (unpaired) electrons. The van der Waals surface area contributed by atoms with Gasteiger partial charge in [0.05, 0.1) is 0 Å². The lowest BCUT2D eigenvalue weighted by Crippen LogP contribution is -2.40. The fraction of sp³-hybridized carbons (Fsp3) is 0.684. The maximum absolute atomic E-state index is 4.06. The molecule has 4 unspecified atom stereocenters. The van der Waals surface area contributed by atoms with Crippen LogP contribution in [0.1, 0.15) is 50.2 Å². The summed E-state index contributed by atoms with van der Waals surface area (Å²) in [7, 11) is 0. The summed E-state index contributed by atoms with van der Waals surface area (Å²) in [5.74, 6) is 2.78. The highest BCUT2D eigenvalue weighted by Crippen LogP contribution is 2.43. The Kier molecular flexibility index (Phi) is 3.34. The first-order chi connectivity index (χ1) is 9.85. The highest BCUT2D eigenvalue weighted by Gasteiger charge is 2.44. The topological polar surface area (TPSA) is 12.0 Å². The maximum atomic E-state index is 4.06. The standard InChI is InChI=1S/C19H27N/c1-2-5-15-12-18(15)20-19-16-8-9-17(19)11-14-7-4-3-6-13(14)10-16/h3-4,6-7,15-20H,2,5,8-12H2,1H3. The minimum Gasteiger partial charge on any atom is -0.310 e. The lowest BCUT2D eigenvalue weighted by molar-refractivity contribution is 0.333. The first-order valence-corrected chi connectivity index (χ1v) is 8.68. The number of benzene rings is 1. The van der Waals surface area contributed by atoms with Crippen LogP contribution in [0.2, 0.25) is 0 Å². The molecule has 3 aliphatic carbocycles. The molecule has 1 aromatic carbocycles. The Balaban J connectivity index is 1.47. The lowest BCUT2D eigenvalue weighted by atomic mass is 9.94. The zero-order valence-corrected chi connectivity index (χ0v) is 12.6. The van der Waals surface area contributed by atoms with Gasteiger partial charge in [0.1, 0.15) is 0 Å². The minimum absolute atomic E-state index is 0.800. The summed E-state index contributed by atoms with van der Waals surface area (Å²) in [6.07, 6.45) is 9.75. The van der Waals surface area contributed by atoms with E-state index in [4.69, 9.17) is 0 Å². The van der Waals surface area contributed by atoms with E-state index in [1.165, 1.54) is 44.9 Å². The summed E-state index contributed by atoms with van der Waals surface area (Å²) in [6, 6.07) is 10.8. The largest absolute Gasteiger partial charge is 0.310 e. The van der Waals surface area contributed by atoms with E-state index in [9.17, 15) is 0 Å². The first kappa shape index (κ1) is 12.9. The summed E-state index contributed by atoms with van der Waals surface area (Å²) in [4.78, 5) is 0. The molecule has 2 saturated carbocycles. The van der Waals surface area contributed by atoms with Crippen LogP contribution in [-0.4, -0.2) is 12.1 Å². The van der Waals surface area contributed by atoms with E-state index in [-0.39, 0.29) is 0 Å². The number of rotatable bonds is 4. The summed E-state index contributed by atoms with van der Waals surface area (Å²) in [5, 5.41) is 4.06. The van der Waals surface area contributed by atoms with Crippen molar-refractivity contribution in [2.75, 3.05) is 0 Å². The smallest absolute Gasteiger partial charge is 0.0133 e.